The summed E-state index contributed by atoms with van der Waals surface area (Å²) < 4.78 is 0. The normalized spacial score (nSPS) is 17.2. The topological polar surface area (TPSA) is 27.0 Å². The molecule has 0 N–H and O–H groups in total. The minimum Gasteiger partial charge on any atom is -0.367 e. The van der Waals surface area contributed by atoms with Crippen LogP contribution in [0.5, 0.6) is 0 Å². The molecule has 0 saturated carbocycles. The van der Waals surface area contributed by atoms with Gasteiger partial charge in [0.2, 0.25) is 0 Å². The lowest BCUT2D eigenvalue weighted by molar-refractivity contribution is 0.530. The molecule has 106 valence electrons. The quantitative estimate of drug-likeness (QED) is 0.827. The maximum absolute atomic E-state index is 8.98. The van der Waals surface area contributed by atoms with E-state index in [0.717, 1.165) is 18.7 Å². The van der Waals surface area contributed by atoms with Crippen molar-refractivity contribution in [3.05, 3.63) is 64.7 Å². The van der Waals surface area contributed by atoms with Gasteiger partial charge < -0.3 is 4.90 Å². The third-order valence-electron chi connectivity index (χ3n) is 4.27. The number of hydrogen-bond donors (Lipinski definition) is 0. The Labute approximate surface area is 126 Å². The number of fused-ring (bicyclic) bond motifs is 1. The molecular weight excluding hydrogens is 256 g/mol. The van der Waals surface area contributed by atoms with Gasteiger partial charge in [0, 0.05) is 18.8 Å². The molecule has 1 unspecified atom stereocenters. The van der Waals surface area contributed by atoms with Gasteiger partial charge in [-0.2, -0.15) is 5.26 Å². The van der Waals surface area contributed by atoms with Crippen molar-refractivity contribution < 1.29 is 0 Å². The molecule has 0 amide bonds. The first-order chi connectivity index (χ1) is 10.2. The van der Waals surface area contributed by atoms with E-state index >= 15 is 0 Å². The molecule has 1 aliphatic heterocycles. The standard InChI is InChI=1S/C19H20N2/c1-14-9-17-5-3-4-6-19(17)21(12-14)13-18-8-7-16(11-20)10-15(18)2/h3-8,10,14H,9,12-13H2,1-2H3. The molecule has 2 aromatic rings. The molecule has 0 saturated heterocycles. The smallest absolute Gasteiger partial charge is 0.0991 e. The zero-order chi connectivity index (χ0) is 14.8. The lowest BCUT2D eigenvalue weighted by Crippen LogP contribution is -2.33. The third-order valence-corrected chi connectivity index (χ3v) is 4.27. The molecular formula is C19H20N2. The van der Waals surface area contributed by atoms with Crippen molar-refractivity contribution in [1.82, 2.24) is 0 Å². The van der Waals surface area contributed by atoms with Crippen molar-refractivity contribution in [3.63, 3.8) is 0 Å². The summed E-state index contributed by atoms with van der Waals surface area (Å²) in [4.78, 5) is 2.47. The van der Waals surface area contributed by atoms with Crippen molar-refractivity contribution in [2.24, 2.45) is 5.92 Å². The van der Waals surface area contributed by atoms with Crippen LogP contribution in [-0.2, 0) is 13.0 Å². The molecule has 0 aliphatic carbocycles. The first-order valence-corrected chi connectivity index (χ1v) is 7.50. The van der Waals surface area contributed by atoms with E-state index in [1.807, 2.05) is 12.1 Å². The summed E-state index contributed by atoms with van der Waals surface area (Å²) in [5, 5.41) is 8.98. The van der Waals surface area contributed by atoms with E-state index in [9.17, 15) is 0 Å². The number of benzene rings is 2. The molecule has 3 rings (SSSR count). The summed E-state index contributed by atoms with van der Waals surface area (Å²) in [6.07, 6.45) is 1.17. The molecule has 2 heteroatoms. The van der Waals surface area contributed by atoms with E-state index < -0.39 is 0 Å². The molecule has 1 heterocycles. The first kappa shape index (κ1) is 13.7. The van der Waals surface area contributed by atoms with Crippen LogP contribution in [0.2, 0.25) is 0 Å². The maximum atomic E-state index is 8.98. The summed E-state index contributed by atoms with van der Waals surface area (Å²) >= 11 is 0. The van der Waals surface area contributed by atoms with Gasteiger partial charge in [-0.15, -0.1) is 0 Å². The van der Waals surface area contributed by atoms with Gasteiger partial charge in [0.1, 0.15) is 0 Å². The number of nitriles is 1. The molecule has 0 radical (unpaired) electrons. The van der Waals surface area contributed by atoms with Crippen molar-refractivity contribution in [2.75, 3.05) is 11.4 Å². The van der Waals surface area contributed by atoms with E-state index in [0.29, 0.717) is 5.92 Å². The lowest BCUT2D eigenvalue weighted by Gasteiger charge is -2.35. The van der Waals surface area contributed by atoms with Crippen molar-refractivity contribution in [3.8, 4) is 6.07 Å². The maximum Gasteiger partial charge on any atom is 0.0991 e. The SMILES string of the molecule is Cc1cc(C#N)ccc1CN1CC(C)Cc2ccccc21. The predicted molar refractivity (Wildman–Crippen MR) is 86.3 cm³/mol. The van der Waals surface area contributed by atoms with Crippen molar-refractivity contribution in [1.29, 1.82) is 5.26 Å². The summed E-state index contributed by atoms with van der Waals surface area (Å²) in [6, 6.07) is 16.9. The molecule has 0 spiro atoms. The van der Waals surface area contributed by atoms with Gasteiger partial charge >= 0.3 is 0 Å². The van der Waals surface area contributed by atoms with E-state index in [-0.39, 0.29) is 0 Å². The summed E-state index contributed by atoms with van der Waals surface area (Å²) in [7, 11) is 0. The van der Waals surface area contributed by atoms with E-state index in [1.54, 1.807) is 0 Å². The minimum atomic E-state index is 0.679. The van der Waals surface area contributed by atoms with Crippen LogP contribution in [0, 0.1) is 24.2 Å². The average Bonchev–Trinajstić information content (AvgIpc) is 2.49. The Morgan fingerprint density at radius 3 is 2.81 bits per heavy atom. The summed E-state index contributed by atoms with van der Waals surface area (Å²) in [5.74, 6) is 0.679. The van der Waals surface area contributed by atoms with Gasteiger partial charge in [0.15, 0.2) is 0 Å². The first-order valence-electron chi connectivity index (χ1n) is 7.50. The van der Waals surface area contributed by atoms with Crippen LogP contribution in [0.3, 0.4) is 0 Å². The Morgan fingerprint density at radius 2 is 2.05 bits per heavy atom. The van der Waals surface area contributed by atoms with Crippen LogP contribution >= 0.6 is 0 Å². The fraction of sp³-hybridized carbons (Fsp3) is 0.316. The Morgan fingerprint density at radius 1 is 1.24 bits per heavy atom. The van der Waals surface area contributed by atoms with Gasteiger partial charge in [0.25, 0.3) is 0 Å². The highest BCUT2D eigenvalue weighted by Gasteiger charge is 2.21. The largest absolute Gasteiger partial charge is 0.367 e. The zero-order valence-electron chi connectivity index (χ0n) is 12.6. The predicted octanol–water partition coefficient (Wildman–Crippen LogP) is 4.07. The Hall–Kier alpha value is -2.27. The fourth-order valence-corrected chi connectivity index (χ4v) is 3.20. The number of hydrogen-bond acceptors (Lipinski definition) is 2. The van der Waals surface area contributed by atoms with Gasteiger partial charge in [-0.25, -0.2) is 0 Å². The van der Waals surface area contributed by atoms with Crippen molar-refractivity contribution >= 4 is 5.69 Å². The molecule has 1 aliphatic rings. The van der Waals surface area contributed by atoms with E-state index in [1.165, 1.54) is 28.8 Å². The fourth-order valence-electron chi connectivity index (χ4n) is 3.20. The molecule has 1 atom stereocenters. The van der Waals surface area contributed by atoms with Crippen LogP contribution in [0.15, 0.2) is 42.5 Å². The lowest BCUT2D eigenvalue weighted by atomic mass is 9.93. The zero-order valence-corrected chi connectivity index (χ0v) is 12.6. The number of aryl methyl sites for hydroxylation is 1. The number of para-hydroxylation sites is 1. The number of rotatable bonds is 2. The Balaban J connectivity index is 1.90. The second-order valence-electron chi connectivity index (χ2n) is 6.07. The summed E-state index contributed by atoms with van der Waals surface area (Å²) in [5.41, 5.74) is 6.05. The second-order valence-corrected chi connectivity index (χ2v) is 6.07. The Bertz CT molecular complexity index is 697. The molecule has 21 heavy (non-hydrogen) atoms. The third kappa shape index (κ3) is 2.78. The molecule has 0 bridgehead atoms. The van der Waals surface area contributed by atoms with Crippen molar-refractivity contribution in [2.45, 2.75) is 26.8 Å². The van der Waals surface area contributed by atoms with Gasteiger partial charge in [-0.05, 0) is 54.2 Å². The van der Waals surface area contributed by atoms with Gasteiger partial charge in [0.05, 0.1) is 11.6 Å². The van der Waals surface area contributed by atoms with Crippen LogP contribution < -0.4 is 4.90 Å². The van der Waals surface area contributed by atoms with Gasteiger partial charge in [-0.3, -0.25) is 0 Å². The Kier molecular flexibility index (Phi) is 3.66. The number of nitrogens with zero attached hydrogens (tertiary/aromatic N) is 2. The van der Waals surface area contributed by atoms with Crippen LogP contribution in [0.25, 0.3) is 0 Å². The van der Waals surface area contributed by atoms with Crippen LogP contribution in [0.1, 0.15) is 29.2 Å². The highest BCUT2D eigenvalue weighted by Crippen LogP contribution is 2.31. The van der Waals surface area contributed by atoms with E-state index in [4.69, 9.17) is 5.26 Å². The monoisotopic (exact) mass is 276 g/mol. The molecule has 0 fully saturated rings. The highest BCUT2D eigenvalue weighted by molar-refractivity contribution is 5.56. The molecule has 2 aromatic carbocycles. The molecule has 2 nitrogen and oxygen atoms in total. The van der Waals surface area contributed by atoms with E-state index in [2.05, 4.69) is 55.1 Å². The molecule has 0 aromatic heterocycles. The van der Waals surface area contributed by atoms with Crippen LogP contribution in [-0.4, -0.2) is 6.54 Å². The second kappa shape index (κ2) is 5.61. The summed E-state index contributed by atoms with van der Waals surface area (Å²) in [6.45, 7) is 6.42. The van der Waals surface area contributed by atoms with Gasteiger partial charge in [-0.1, -0.05) is 31.2 Å². The minimum absolute atomic E-state index is 0.679. The highest BCUT2D eigenvalue weighted by atomic mass is 15.1. The average molecular weight is 276 g/mol. The number of anilines is 1. The van der Waals surface area contributed by atoms with Crippen LogP contribution in [0.4, 0.5) is 5.69 Å².